The van der Waals surface area contributed by atoms with Gasteiger partial charge in [-0.15, -0.1) is 0 Å². The normalized spacial score (nSPS) is 19.8. The second-order valence-electron chi connectivity index (χ2n) is 13.4. The van der Waals surface area contributed by atoms with Crippen molar-refractivity contribution in [3.05, 3.63) is 107 Å². The Kier molecular flexibility index (Phi) is 12.3. The topological polar surface area (TPSA) is 29.5 Å². The van der Waals surface area contributed by atoms with Gasteiger partial charge in [0.2, 0.25) is 0 Å². The number of fused-ring (bicyclic) bond motifs is 1. The number of para-hydroxylation sites is 1. The lowest BCUT2D eigenvalue weighted by atomic mass is 9.80. The average molecular weight is 592 g/mol. The van der Waals surface area contributed by atoms with Crippen molar-refractivity contribution in [2.24, 2.45) is 11.8 Å². The zero-order valence-corrected chi connectivity index (χ0v) is 27.0. The van der Waals surface area contributed by atoms with Crippen molar-refractivity contribution < 1.29 is 9.53 Å². The van der Waals surface area contributed by atoms with Gasteiger partial charge >= 0.3 is 0 Å². The van der Waals surface area contributed by atoms with Crippen LogP contribution in [0.25, 0.3) is 5.57 Å². The van der Waals surface area contributed by atoms with E-state index in [1.54, 1.807) is 0 Å². The standard InChI is InChI=1S/C41H53NO2/c1-32(2)37-24-25-39-38(30-37)15-11-16-40(39)42(27-9-4-10-29-43)28-26-36-14-7-8-17-41(36)44-31-35-22-20-34(21-23-35)19-18-33-12-5-3-6-13-33/h3,5-8,12-14,17,24-25,29-30,34-35,40H,1,4,9-11,15-16,18-23,26-28,31H2,2H3. The third kappa shape index (κ3) is 9.17. The Morgan fingerprint density at radius 1 is 0.886 bits per heavy atom. The van der Waals surface area contributed by atoms with Crippen LogP contribution in [-0.2, 0) is 24.1 Å². The number of carbonyl (C=O) groups is 1. The van der Waals surface area contributed by atoms with Gasteiger partial charge in [-0.25, -0.2) is 0 Å². The van der Waals surface area contributed by atoms with Crippen molar-refractivity contribution in [3.63, 3.8) is 0 Å². The molecule has 0 aromatic heterocycles. The molecule has 5 rings (SSSR count). The van der Waals surface area contributed by atoms with Gasteiger partial charge in [0.25, 0.3) is 0 Å². The highest BCUT2D eigenvalue weighted by molar-refractivity contribution is 5.63. The molecular formula is C41H53NO2. The summed E-state index contributed by atoms with van der Waals surface area (Å²) in [6, 6.07) is 27.1. The first-order valence-electron chi connectivity index (χ1n) is 17.3. The molecule has 2 aliphatic rings. The predicted molar refractivity (Wildman–Crippen MR) is 184 cm³/mol. The van der Waals surface area contributed by atoms with Crippen molar-refractivity contribution in [1.82, 2.24) is 4.90 Å². The van der Waals surface area contributed by atoms with E-state index < -0.39 is 0 Å². The lowest BCUT2D eigenvalue weighted by Crippen LogP contribution is -2.34. The largest absolute Gasteiger partial charge is 0.493 e. The fourth-order valence-electron chi connectivity index (χ4n) is 7.42. The zero-order chi connectivity index (χ0) is 30.6. The number of carbonyl (C=O) groups excluding carboxylic acids is 1. The van der Waals surface area contributed by atoms with E-state index in [-0.39, 0.29) is 0 Å². The van der Waals surface area contributed by atoms with Crippen LogP contribution in [-0.4, -0.2) is 30.9 Å². The van der Waals surface area contributed by atoms with Crippen LogP contribution in [0.15, 0.2) is 79.4 Å². The molecule has 1 unspecified atom stereocenters. The maximum absolute atomic E-state index is 11.0. The molecule has 234 valence electrons. The second kappa shape index (κ2) is 16.8. The van der Waals surface area contributed by atoms with Crippen molar-refractivity contribution in [2.75, 3.05) is 19.7 Å². The molecule has 3 nitrogen and oxygen atoms in total. The lowest BCUT2D eigenvalue weighted by molar-refractivity contribution is -0.107. The van der Waals surface area contributed by atoms with Crippen LogP contribution in [0.1, 0.15) is 105 Å². The van der Waals surface area contributed by atoms with E-state index in [1.165, 1.54) is 79.2 Å². The van der Waals surface area contributed by atoms with Crippen LogP contribution < -0.4 is 4.74 Å². The highest BCUT2D eigenvalue weighted by Gasteiger charge is 2.26. The molecule has 0 spiro atoms. The Balaban J connectivity index is 1.16. The molecule has 3 heteroatoms. The molecule has 0 aliphatic heterocycles. The molecule has 44 heavy (non-hydrogen) atoms. The number of ether oxygens (including phenoxy) is 1. The first kappa shape index (κ1) is 32.2. The fraction of sp³-hybridized carbons (Fsp3) is 0.488. The number of rotatable bonds is 16. The third-order valence-corrected chi connectivity index (χ3v) is 10.1. The maximum atomic E-state index is 11.0. The summed E-state index contributed by atoms with van der Waals surface area (Å²) in [4.78, 5) is 13.7. The van der Waals surface area contributed by atoms with Crippen LogP contribution >= 0.6 is 0 Å². The number of allylic oxidation sites excluding steroid dienone is 1. The summed E-state index contributed by atoms with van der Waals surface area (Å²) >= 11 is 0. The molecule has 0 amide bonds. The molecule has 0 heterocycles. The Morgan fingerprint density at radius 2 is 1.66 bits per heavy atom. The molecule has 0 saturated heterocycles. The van der Waals surface area contributed by atoms with Gasteiger partial charge in [-0.3, -0.25) is 4.90 Å². The maximum Gasteiger partial charge on any atom is 0.122 e. The Hall–Kier alpha value is -3.17. The van der Waals surface area contributed by atoms with Gasteiger partial charge in [0, 0.05) is 19.0 Å². The number of nitrogens with zero attached hydrogens (tertiary/aromatic N) is 1. The van der Waals surface area contributed by atoms with E-state index in [2.05, 4.69) is 91.2 Å². The van der Waals surface area contributed by atoms with E-state index in [1.807, 2.05) is 0 Å². The summed E-state index contributed by atoms with van der Waals surface area (Å²) in [6.07, 6.45) is 16.0. The van der Waals surface area contributed by atoms with Crippen molar-refractivity contribution >= 4 is 11.9 Å². The second-order valence-corrected chi connectivity index (χ2v) is 13.4. The molecule has 0 N–H and O–H groups in total. The quantitative estimate of drug-likeness (QED) is 0.123. The number of aldehydes is 1. The molecule has 3 aromatic carbocycles. The van der Waals surface area contributed by atoms with E-state index in [0.717, 1.165) is 68.9 Å². The summed E-state index contributed by atoms with van der Waals surface area (Å²) in [5.74, 6) is 2.58. The van der Waals surface area contributed by atoms with Crippen LogP contribution in [0.3, 0.4) is 0 Å². The van der Waals surface area contributed by atoms with E-state index in [9.17, 15) is 4.79 Å². The van der Waals surface area contributed by atoms with Crippen LogP contribution in [0.2, 0.25) is 0 Å². The molecular weight excluding hydrogens is 538 g/mol. The molecule has 1 atom stereocenters. The highest BCUT2D eigenvalue weighted by Crippen LogP contribution is 2.37. The van der Waals surface area contributed by atoms with Crippen LogP contribution in [0.4, 0.5) is 0 Å². The molecule has 0 radical (unpaired) electrons. The predicted octanol–water partition coefficient (Wildman–Crippen LogP) is 9.83. The summed E-state index contributed by atoms with van der Waals surface area (Å²) in [5.41, 5.74) is 8.15. The van der Waals surface area contributed by atoms with Gasteiger partial charge in [0.05, 0.1) is 6.61 Å². The lowest BCUT2D eigenvalue weighted by Gasteiger charge is -2.36. The number of hydrogen-bond donors (Lipinski definition) is 0. The number of unbranched alkanes of at least 4 members (excludes halogenated alkanes) is 2. The third-order valence-electron chi connectivity index (χ3n) is 10.1. The average Bonchev–Trinajstić information content (AvgIpc) is 3.07. The summed E-state index contributed by atoms with van der Waals surface area (Å²) in [6.45, 7) is 9.13. The highest BCUT2D eigenvalue weighted by atomic mass is 16.5. The number of hydrogen-bond acceptors (Lipinski definition) is 3. The first-order valence-corrected chi connectivity index (χ1v) is 17.3. The summed E-state index contributed by atoms with van der Waals surface area (Å²) < 4.78 is 6.56. The minimum atomic E-state index is 0.430. The Morgan fingerprint density at radius 3 is 2.45 bits per heavy atom. The van der Waals surface area contributed by atoms with Gasteiger partial charge in [-0.1, -0.05) is 91.7 Å². The number of benzene rings is 3. The van der Waals surface area contributed by atoms with Gasteiger partial charge in [0.1, 0.15) is 12.0 Å². The minimum absolute atomic E-state index is 0.430. The minimum Gasteiger partial charge on any atom is -0.493 e. The van der Waals surface area contributed by atoms with E-state index >= 15 is 0 Å². The summed E-state index contributed by atoms with van der Waals surface area (Å²) in [7, 11) is 0. The van der Waals surface area contributed by atoms with Gasteiger partial charge in [-0.05, 0) is 123 Å². The molecule has 1 saturated carbocycles. The van der Waals surface area contributed by atoms with Crippen LogP contribution in [0, 0.1) is 11.8 Å². The monoisotopic (exact) mass is 591 g/mol. The van der Waals surface area contributed by atoms with E-state index in [0.29, 0.717) is 18.4 Å². The number of aryl methyl sites for hydroxylation is 2. The van der Waals surface area contributed by atoms with Crippen molar-refractivity contribution in [3.8, 4) is 5.75 Å². The Bertz CT molecular complexity index is 1320. The fourth-order valence-corrected chi connectivity index (χ4v) is 7.42. The summed E-state index contributed by atoms with van der Waals surface area (Å²) in [5, 5.41) is 0. The van der Waals surface area contributed by atoms with Gasteiger partial charge < -0.3 is 9.53 Å². The van der Waals surface area contributed by atoms with E-state index in [4.69, 9.17) is 4.74 Å². The molecule has 2 aliphatic carbocycles. The van der Waals surface area contributed by atoms with Gasteiger partial charge in [0.15, 0.2) is 0 Å². The molecule has 0 bridgehead atoms. The molecule has 1 fully saturated rings. The zero-order valence-electron chi connectivity index (χ0n) is 27.0. The molecule has 3 aromatic rings. The van der Waals surface area contributed by atoms with Crippen LogP contribution in [0.5, 0.6) is 5.75 Å². The Labute approximate surface area is 266 Å². The first-order chi connectivity index (χ1) is 21.6. The smallest absolute Gasteiger partial charge is 0.122 e. The van der Waals surface area contributed by atoms with Crippen molar-refractivity contribution in [1.29, 1.82) is 0 Å². The SMILES string of the molecule is C=C(C)c1ccc2c(c1)CCCC2N(CCCCC=O)CCc1ccccc1OCC1CCC(CCc2ccccc2)CC1. The van der Waals surface area contributed by atoms with Crippen molar-refractivity contribution in [2.45, 2.75) is 96.4 Å². The van der Waals surface area contributed by atoms with Gasteiger partial charge in [-0.2, -0.15) is 0 Å².